The summed E-state index contributed by atoms with van der Waals surface area (Å²) in [6, 6.07) is 5.62. The van der Waals surface area contributed by atoms with Gasteiger partial charge in [-0.05, 0) is 52.7 Å². The summed E-state index contributed by atoms with van der Waals surface area (Å²) in [6.45, 7) is 1.88. The normalized spacial score (nSPS) is 10.3. The Morgan fingerprint density at radius 2 is 2.00 bits per heavy atom. The van der Waals surface area contributed by atoms with Gasteiger partial charge in [0.05, 0.1) is 8.66 Å². The van der Waals surface area contributed by atoms with Crippen LogP contribution in [0.25, 0.3) is 0 Å². The number of carbonyl (C=O) groups excluding carboxylic acids is 1. The van der Waals surface area contributed by atoms with E-state index in [0.717, 1.165) is 9.35 Å². The van der Waals surface area contributed by atoms with Crippen molar-refractivity contribution in [1.29, 1.82) is 0 Å². The molecule has 20 heavy (non-hydrogen) atoms. The van der Waals surface area contributed by atoms with Crippen molar-refractivity contribution >= 4 is 44.8 Å². The topological polar surface area (TPSA) is 86.6 Å². The van der Waals surface area contributed by atoms with Crippen LogP contribution in [-0.2, 0) is 0 Å². The Morgan fingerprint density at radius 3 is 2.55 bits per heavy atom. The SMILES string of the molecule is Cc1cc(C(=O)Nc2ccc(O)c(C(=O)O)c2)sc1Br. The summed E-state index contributed by atoms with van der Waals surface area (Å²) >= 11 is 4.63. The van der Waals surface area contributed by atoms with E-state index in [9.17, 15) is 14.7 Å². The lowest BCUT2D eigenvalue weighted by atomic mass is 10.2. The number of carboxylic acids is 1. The van der Waals surface area contributed by atoms with E-state index in [1.807, 2.05) is 6.92 Å². The molecule has 1 aromatic heterocycles. The predicted octanol–water partition coefficient (Wildman–Crippen LogP) is 3.48. The Hall–Kier alpha value is -1.86. The van der Waals surface area contributed by atoms with Gasteiger partial charge in [-0.25, -0.2) is 4.79 Å². The van der Waals surface area contributed by atoms with Gasteiger partial charge in [0.15, 0.2) is 0 Å². The molecule has 0 spiro atoms. The molecule has 0 saturated heterocycles. The summed E-state index contributed by atoms with van der Waals surface area (Å²) in [4.78, 5) is 23.4. The van der Waals surface area contributed by atoms with Gasteiger partial charge in [-0.2, -0.15) is 0 Å². The number of benzene rings is 1. The van der Waals surface area contributed by atoms with Crippen molar-refractivity contribution in [1.82, 2.24) is 0 Å². The molecule has 1 aromatic carbocycles. The fraction of sp³-hybridized carbons (Fsp3) is 0.0769. The van der Waals surface area contributed by atoms with Gasteiger partial charge in [0.1, 0.15) is 11.3 Å². The lowest BCUT2D eigenvalue weighted by molar-refractivity contribution is 0.0693. The molecule has 0 atom stereocenters. The molecular weight excluding hydrogens is 346 g/mol. The van der Waals surface area contributed by atoms with E-state index in [4.69, 9.17) is 5.11 Å². The van der Waals surface area contributed by atoms with Gasteiger partial charge in [-0.1, -0.05) is 0 Å². The molecule has 1 amide bonds. The van der Waals surface area contributed by atoms with Crippen LogP contribution >= 0.6 is 27.3 Å². The lowest BCUT2D eigenvalue weighted by Gasteiger charge is -2.06. The van der Waals surface area contributed by atoms with Crippen LogP contribution in [0.15, 0.2) is 28.1 Å². The number of rotatable bonds is 3. The number of hydrogen-bond donors (Lipinski definition) is 3. The van der Waals surface area contributed by atoms with E-state index in [1.165, 1.54) is 29.5 Å². The molecular formula is C13H10BrNO4S. The van der Waals surface area contributed by atoms with Crippen LogP contribution in [0.1, 0.15) is 25.6 Å². The second kappa shape index (κ2) is 5.64. The number of phenols is 1. The minimum absolute atomic E-state index is 0.258. The number of anilines is 1. The van der Waals surface area contributed by atoms with E-state index in [1.54, 1.807) is 6.07 Å². The zero-order valence-electron chi connectivity index (χ0n) is 10.3. The van der Waals surface area contributed by atoms with Crippen LogP contribution in [-0.4, -0.2) is 22.1 Å². The molecule has 0 saturated carbocycles. The second-order valence-corrected chi connectivity index (χ2v) is 6.43. The van der Waals surface area contributed by atoms with Gasteiger partial charge in [0, 0.05) is 5.69 Å². The van der Waals surface area contributed by atoms with Crippen molar-refractivity contribution in [3.63, 3.8) is 0 Å². The Bertz CT molecular complexity index is 676. The number of carboxylic acid groups (broad SMARTS) is 1. The van der Waals surface area contributed by atoms with Gasteiger partial charge >= 0.3 is 5.97 Å². The minimum atomic E-state index is -1.26. The molecule has 5 nitrogen and oxygen atoms in total. The smallest absolute Gasteiger partial charge is 0.339 e. The first kappa shape index (κ1) is 14.5. The van der Waals surface area contributed by atoms with Crippen molar-refractivity contribution in [2.75, 3.05) is 5.32 Å². The Balaban J connectivity index is 2.24. The monoisotopic (exact) mass is 355 g/mol. The van der Waals surface area contributed by atoms with E-state index in [-0.39, 0.29) is 17.2 Å². The van der Waals surface area contributed by atoms with E-state index < -0.39 is 5.97 Å². The van der Waals surface area contributed by atoms with Crippen LogP contribution in [0.5, 0.6) is 5.75 Å². The molecule has 3 N–H and O–H groups in total. The quantitative estimate of drug-likeness (QED) is 0.735. The molecule has 104 valence electrons. The van der Waals surface area contributed by atoms with Crippen molar-refractivity contribution in [3.8, 4) is 5.75 Å². The number of carbonyl (C=O) groups is 2. The van der Waals surface area contributed by atoms with Crippen LogP contribution in [0.2, 0.25) is 0 Å². The first-order chi connectivity index (χ1) is 9.38. The predicted molar refractivity (Wildman–Crippen MR) is 79.8 cm³/mol. The fourth-order valence-corrected chi connectivity index (χ4v) is 2.98. The van der Waals surface area contributed by atoms with Gasteiger partial charge in [-0.15, -0.1) is 11.3 Å². The maximum Gasteiger partial charge on any atom is 0.339 e. The fourth-order valence-electron chi connectivity index (χ4n) is 1.55. The molecule has 0 aliphatic carbocycles. The molecule has 0 fully saturated rings. The maximum atomic E-state index is 12.0. The summed E-state index contributed by atoms with van der Waals surface area (Å²) in [5, 5.41) is 20.9. The highest BCUT2D eigenvalue weighted by atomic mass is 79.9. The minimum Gasteiger partial charge on any atom is -0.507 e. The molecule has 0 aliphatic heterocycles. The zero-order valence-corrected chi connectivity index (χ0v) is 12.7. The van der Waals surface area contributed by atoms with Crippen molar-refractivity contribution in [3.05, 3.63) is 44.1 Å². The van der Waals surface area contributed by atoms with Crippen LogP contribution < -0.4 is 5.32 Å². The number of aromatic hydroxyl groups is 1. The first-order valence-corrected chi connectivity index (χ1v) is 7.13. The van der Waals surface area contributed by atoms with Crippen LogP contribution in [0, 0.1) is 6.92 Å². The number of nitrogens with one attached hydrogen (secondary N) is 1. The summed E-state index contributed by atoms with van der Waals surface area (Å²) in [6.07, 6.45) is 0. The molecule has 0 unspecified atom stereocenters. The standard InChI is InChI=1S/C13H10BrNO4S/c1-6-4-10(20-11(6)14)12(17)15-7-2-3-9(16)8(5-7)13(18)19/h2-5,16H,1H3,(H,15,17)(H,18,19). The molecule has 2 aromatic rings. The number of hydrogen-bond acceptors (Lipinski definition) is 4. The number of aryl methyl sites for hydroxylation is 1. The summed E-state index contributed by atoms with van der Waals surface area (Å²) < 4.78 is 0.875. The molecule has 0 bridgehead atoms. The molecule has 0 aliphatic rings. The largest absolute Gasteiger partial charge is 0.507 e. The van der Waals surface area contributed by atoms with E-state index >= 15 is 0 Å². The Morgan fingerprint density at radius 1 is 1.30 bits per heavy atom. The average Bonchev–Trinajstić information content (AvgIpc) is 2.72. The third-order valence-electron chi connectivity index (χ3n) is 2.57. The van der Waals surface area contributed by atoms with E-state index in [2.05, 4.69) is 21.2 Å². The Labute approximate surface area is 127 Å². The molecule has 2 rings (SSSR count). The number of halogens is 1. The van der Waals surface area contributed by atoms with Crippen LogP contribution in [0.4, 0.5) is 5.69 Å². The maximum absolute atomic E-state index is 12.0. The van der Waals surface area contributed by atoms with Gasteiger partial charge in [-0.3, -0.25) is 4.79 Å². The summed E-state index contributed by atoms with van der Waals surface area (Å²) in [5.74, 6) is -1.93. The highest BCUT2D eigenvalue weighted by Crippen LogP contribution is 2.28. The lowest BCUT2D eigenvalue weighted by Crippen LogP contribution is -2.10. The highest BCUT2D eigenvalue weighted by Gasteiger charge is 2.14. The van der Waals surface area contributed by atoms with Gasteiger partial charge in [0.2, 0.25) is 0 Å². The third kappa shape index (κ3) is 3.00. The first-order valence-electron chi connectivity index (χ1n) is 5.52. The van der Waals surface area contributed by atoms with Gasteiger partial charge in [0.25, 0.3) is 5.91 Å². The summed E-state index contributed by atoms with van der Waals surface area (Å²) in [5.41, 5.74) is 1.01. The number of aromatic carboxylic acids is 1. The van der Waals surface area contributed by atoms with Crippen molar-refractivity contribution in [2.24, 2.45) is 0 Å². The number of amides is 1. The highest BCUT2D eigenvalue weighted by molar-refractivity contribution is 9.11. The van der Waals surface area contributed by atoms with Crippen molar-refractivity contribution < 1.29 is 19.8 Å². The average molecular weight is 356 g/mol. The molecule has 7 heteroatoms. The van der Waals surface area contributed by atoms with Crippen molar-refractivity contribution in [2.45, 2.75) is 6.92 Å². The third-order valence-corrected chi connectivity index (χ3v) is 4.70. The second-order valence-electron chi connectivity index (χ2n) is 4.06. The molecule has 0 radical (unpaired) electrons. The zero-order chi connectivity index (χ0) is 14.9. The van der Waals surface area contributed by atoms with Crippen LogP contribution in [0.3, 0.4) is 0 Å². The van der Waals surface area contributed by atoms with Gasteiger partial charge < -0.3 is 15.5 Å². The Kier molecular flexibility index (Phi) is 4.10. The van der Waals surface area contributed by atoms with E-state index in [0.29, 0.717) is 10.6 Å². The summed E-state index contributed by atoms with van der Waals surface area (Å²) in [7, 11) is 0. The molecule has 1 heterocycles. The number of thiophene rings is 1.